The summed E-state index contributed by atoms with van der Waals surface area (Å²) in [6.45, 7) is 4.71. The van der Waals surface area contributed by atoms with Crippen LogP contribution in [0.1, 0.15) is 18.4 Å². The Balaban J connectivity index is 1.53. The van der Waals surface area contributed by atoms with Crippen LogP contribution in [-0.2, 0) is 21.8 Å². The molecule has 0 bridgehead atoms. The molecule has 1 atom stereocenters. The zero-order valence-electron chi connectivity index (χ0n) is 14.9. The molecule has 0 saturated carbocycles. The van der Waals surface area contributed by atoms with Crippen molar-refractivity contribution in [3.63, 3.8) is 0 Å². The standard InChI is InChI=1S/C18H22Cl2N4O2S/c19-14-4-3-13(16(20)10-14)12-27-18-22-21-17(23-5-8-25-9-6-23)24(18)11-15-2-1-7-26-15/h3-4,10,15H,1-2,5-9,11-12H2/t15-/m0/s1. The molecule has 1 aromatic carbocycles. The number of hydrogen-bond acceptors (Lipinski definition) is 6. The van der Waals surface area contributed by atoms with Gasteiger partial charge in [0.05, 0.1) is 25.9 Å². The van der Waals surface area contributed by atoms with Crippen molar-refractivity contribution in [1.82, 2.24) is 14.8 Å². The van der Waals surface area contributed by atoms with Gasteiger partial charge in [-0.15, -0.1) is 10.2 Å². The first-order valence-corrected chi connectivity index (χ1v) is 10.9. The lowest BCUT2D eigenvalue weighted by atomic mass is 10.2. The minimum absolute atomic E-state index is 0.222. The Morgan fingerprint density at radius 3 is 2.74 bits per heavy atom. The molecule has 4 rings (SSSR count). The Bertz CT molecular complexity index is 777. The average molecular weight is 429 g/mol. The van der Waals surface area contributed by atoms with Gasteiger partial charge in [0.15, 0.2) is 5.16 Å². The van der Waals surface area contributed by atoms with Gasteiger partial charge in [0.2, 0.25) is 5.95 Å². The van der Waals surface area contributed by atoms with Gasteiger partial charge in [0.1, 0.15) is 0 Å². The van der Waals surface area contributed by atoms with Crippen molar-refractivity contribution in [2.24, 2.45) is 0 Å². The minimum atomic E-state index is 0.222. The molecule has 0 amide bonds. The van der Waals surface area contributed by atoms with Crippen molar-refractivity contribution in [3.8, 4) is 0 Å². The summed E-state index contributed by atoms with van der Waals surface area (Å²) in [6.07, 6.45) is 2.41. The largest absolute Gasteiger partial charge is 0.378 e. The Morgan fingerprint density at radius 2 is 2.00 bits per heavy atom. The molecule has 0 unspecified atom stereocenters. The van der Waals surface area contributed by atoms with Gasteiger partial charge < -0.3 is 14.4 Å². The fourth-order valence-electron chi connectivity index (χ4n) is 3.32. The van der Waals surface area contributed by atoms with Crippen LogP contribution in [0.25, 0.3) is 0 Å². The number of halogens is 2. The van der Waals surface area contributed by atoms with Crippen LogP contribution in [0.4, 0.5) is 5.95 Å². The number of thioether (sulfide) groups is 1. The molecule has 9 heteroatoms. The summed E-state index contributed by atoms with van der Waals surface area (Å²) >= 11 is 14.0. The van der Waals surface area contributed by atoms with Crippen LogP contribution < -0.4 is 4.90 Å². The SMILES string of the molecule is Clc1ccc(CSc2nnc(N3CCOCC3)n2C[C@@H]2CCCO2)c(Cl)c1. The van der Waals surface area contributed by atoms with E-state index in [1.165, 1.54) is 0 Å². The van der Waals surface area contributed by atoms with Gasteiger partial charge in [-0.05, 0) is 30.5 Å². The maximum absolute atomic E-state index is 6.32. The van der Waals surface area contributed by atoms with Crippen LogP contribution in [-0.4, -0.2) is 53.8 Å². The fraction of sp³-hybridized carbons (Fsp3) is 0.556. The first kappa shape index (κ1) is 19.3. The number of nitrogens with zero attached hydrogens (tertiary/aromatic N) is 4. The number of benzene rings is 1. The monoisotopic (exact) mass is 428 g/mol. The number of ether oxygens (including phenoxy) is 2. The highest BCUT2D eigenvalue weighted by Crippen LogP contribution is 2.30. The highest BCUT2D eigenvalue weighted by Gasteiger charge is 2.25. The van der Waals surface area contributed by atoms with Gasteiger partial charge in [0.25, 0.3) is 0 Å². The third-order valence-electron chi connectivity index (χ3n) is 4.77. The molecule has 27 heavy (non-hydrogen) atoms. The minimum Gasteiger partial charge on any atom is -0.378 e. The van der Waals surface area contributed by atoms with E-state index in [1.54, 1.807) is 17.8 Å². The van der Waals surface area contributed by atoms with E-state index in [0.717, 1.165) is 69.0 Å². The molecule has 3 heterocycles. The van der Waals surface area contributed by atoms with Crippen LogP contribution in [0, 0.1) is 0 Å². The molecule has 2 fully saturated rings. The number of morpholine rings is 1. The molecule has 0 radical (unpaired) electrons. The average Bonchev–Trinajstić information content (AvgIpc) is 3.32. The predicted octanol–water partition coefficient (Wildman–Crippen LogP) is 3.89. The van der Waals surface area contributed by atoms with Gasteiger partial charge in [-0.2, -0.15) is 0 Å². The van der Waals surface area contributed by atoms with Gasteiger partial charge >= 0.3 is 0 Å². The number of aromatic nitrogens is 3. The molecular weight excluding hydrogens is 407 g/mol. The van der Waals surface area contributed by atoms with Crippen LogP contribution in [0.5, 0.6) is 0 Å². The number of rotatable bonds is 6. The Morgan fingerprint density at radius 1 is 1.15 bits per heavy atom. The zero-order valence-corrected chi connectivity index (χ0v) is 17.3. The highest BCUT2D eigenvalue weighted by molar-refractivity contribution is 7.98. The summed E-state index contributed by atoms with van der Waals surface area (Å²) < 4.78 is 13.5. The van der Waals surface area contributed by atoms with E-state index < -0.39 is 0 Å². The Hall–Kier alpha value is -0.990. The van der Waals surface area contributed by atoms with Crippen LogP contribution in [0.3, 0.4) is 0 Å². The van der Waals surface area contributed by atoms with Crippen LogP contribution in [0.15, 0.2) is 23.4 Å². The van der Waals surface area contributed by atoms with E-state index in [1.807, 2.05) is 12.1 Å². The first-order chi connectivity index (χ1) is 13.2. The van der Waals surface area contributed by atoms with E-state index in [2.05, 4.69) is 19.7 Å². The van der Waals surface area contributed by atoms with Crippen LogP contribution >= 0.6 is 35.0 Å². The molecular formula is C18H22Cl2N4O2S. The molecule has 2 aromatic rings. The summed E-state index contributed by atoms with van der Waals surface area (Å²) in [5.41, 5.74) is 1.03. The third kappa shape index (κ3) is 4.71. The van der Waals surface area contributed by atoms with Crippen molar-refractivity contribution >= 4 is 40.9 Å². The number of hydrogen-bond donors (Lipinski definition) is 0. The molecule has 0 aliphatic carbocycles. The molecule has 0 N–H and O–H groups in total. The lowest BCUT2D eigenvalue weighted by Gasteiger charge is -2.28. The van der Waals surface area contributed by atoms with Gasteiger partial charge in [-0.25, -0.2) is 0 Å². The summed E-state index contributed by atoms with van der Waals surface area (Å²) in [6, 6.07) is 5.59. The maximum Gasteiger partial charge on any atom is 0.228 e. The van der Waals surface area contributed by atoms with E-state index in [0.29, 0.717) is 15.8 Å². The summed E-state index contributed by atoms with van der Waals surface area (Å²) in [5.74, 6) is 1.61. The first-order valence-electron chi connectivity index (χ1n) is 9.15. The molecule has 2 aliphatic heterocycles. The highest BCUT2D eigenvalue weighted by atomic mass is 35.5. The molecule has 0 spiro atoms. The summed E-state index contributed by atoms with van der Waals surface area (Å²) in [5, 5.41) is 11.2. The second-order valence-electron chi connectivity index (χ2n) is 6.65. The van der Waals surface area contributed by atoms with Crippen molar-refractivity contribution < 1.29 is 9.47 Å². The normalized spacial score (nSPS) is 20.4. The van der Waals surface area contributed by atoms with Crippen LogP contribution in [0.2, 0.25) is 10.0 Å². The van der Waals surface area contributed by atoms with E-state index in [4.69, 9.17) is 32.7 Å². The quantitative estimate of drug-likeness (QED) is 0.650. The van der Waals surface area contributed by atoms with Crippen molar-refractivity contribution in [1.29, 1.82) is 0 Å². The van der Waals surface area contributed by atoms with E-state index in [-0.39, 0.29) is 6.10 Å². The smallest absolute Gasteiger partial charge is 0.228 e. The maximum atomic E-state index is 6.32. The Labute approximate surface area is 173 Å². The molecule has 146 valence electrons. The third-order valence-corrected chi connectivity index (χ3v) is 6.38. The van der Waals surface area contributed by atoms with E-state index >= 15 is 0 Å². The van der Waals surface area contributed by atoms with Gasteiger partial charge in [-0.3, -0.25) is 4.57 Å². The molecule has 2 saturated heterocycles. The molecule has 1 aromatic heterocycles. The van der Waals surface area contributed by atoms with Crippen molar-refractivity contribution in [2.45, 2.75) is 36.4 Å². The van der Waals surface area contributed by atoms with Gasteiger partial charge in [0, 0.05) is 35.5 Å². The lowest BCUT2D eigenvalue weighted by Crippen LogP contribution is -2.38. The van der Waals surface area contributed by atoms with E-state index in [9.17, 15) is 0 Å². The number of anilines is 1. The topological polar surface area (TPSA) is 52.4 Å². The van der Waals surface area contributed by atoms with Crippen molar-refractivity contribution in [3.05, 3.63) is 33.8 Å². The fourth-order valence-corrected chi connectivity index (χ4v) is 4.82. The molecule has 6 nitrogen and oxygen atoms in total. The predicted molar refractivity (Wildman–Crippen MR) is 108 cm³/mol. The summed E-state index contributed by atoms with van der Waals surface area (Å²) in [4.78, 5) is 2.24. The second-order valence-corrected chi connectivity index (χ2v) is 8.44. The van der Waals surface area contributed by atoms with Gasteiger partial charge in [-0.1, -0.05) is 41.0 Å². The second kappa shape index (κ2) is 9.01. The lowest BCUT2D eigenvalue weighted by molar-refractivity contribution is 0.0942. The molecule has 2 aliphatic rings. The Kier molecular flexibility index (Phi) is 6.45. The zero-order chi connectivity index (χ0) is 18.6. The summed E-state index contributed by atoms with van der Waals surface area (Å²) in [7, 11) is 0. The van der Waals surface area contributed by atoms with Crippen molar-refractivity contribution in [2.75, 3.05) is 37.8 Å².